The number of nitrogens with zero attached hydrogens (tertiary/aromatic N) is 2. The summed E-state index contributed by atoms with van der Waals surface area (Å²) in [5, 5.41) is 11.9. The topological polar surface area (TPSA) is 57.1 Å². The van der Waals surface area contributed by atoms with E-state index < -0.39 is 0 Å². The Morgan fingerprint density at radius 3 is 2.57 bits per heavy atom. The molecule has 0 bridgehead atoms. The van der Waals surface area contributed by atoms with E-state index in [0.29, 0.717) is 19.0 Å². The molecule has 0 unspecified atom stereocenters. The van der Waals surface area contributed by atoms with Crippen LogP contribution in [-0.2, 0) is 5.41 Å². The first-order valence-electron chi connectivity index (χ1n) is 7.81. The molecule has 2 aliphatic rings. The van der Waals surface area contributed by atoms with Gasteiger partial charge in [0.15, 0.2) is 0 Å². The lowest BCUT2D eigenvalue weighted by Gasteiger charge is -2.19. The van der Waals surface area contributed by atoms with Gasteiger partial charge in [0, 0.05) is 11.0 Å². The summed E-state index contributed by atoms with van der Waals surface area (Å²) in [4.78, 5) is 4.12. The number of rotatable bonds is 5. The van der Waals surface area contributed by atoms with E-state index in [4.69, 9.17) is 4.74 Å². The summed E-state index contributed by atoms with van der Waals surface area (Å²) < 4.78 is 5.98. The zero-order valence-corrected chi connectivity index (χ0v) is 12.8. The van der Waals surface area contributed by atoms with Crippen LogP contribution >= 0.6 is 0 Å². The summed E-state index contributed by atoms with van der Waals surface area (Å²) in [7, 11) is 0. The molecule has 5 heteroatoms. The van der Waals surface area contributed by atoms with Gasteiger partial charge in [-0.1, -0.05) is 18.2 Å². The summed E-state index contributed by atoms with van der Waals surface area (Å²) in [5.74, 6) is 1.20. The molecule has 1 fully saturated rings. The van der Waals surface area contributed by atoms with Gasteiger partial charge in [0.2, 0.25) is 0 Å². The van der Waals surface area contributed by atoms with Crippen LogP contribution in [0.1, 0.15) is 18.4 Å². The van der Waals surface area contributed by atoms with Gasteiger partial charge in [-0.3, -0.25) is 10.0 Å². The number of ether oxygens (including phenoxy) is 1. The molecule has 2 N–H and O–H groups in total. The Morgan fingerprint density at radius 1 is 1.13 bits per heavy atom. The Labute approximate surface area is 135 Å². The molecule has 0 saturated heterocycles. The van der Waals surface area contributed by atoms with Crippen molar-refractivity contribution in [3.05, 3.63) is 54.1 Å². The van der Waals surface area contributed by atoms with Crippen LogP contribution in [0.25, 0.3) is 0 Å². The molecule has 2 aromatic rings. The van der Waals surface area contributed by atoms with E-state index in [1.807, 2.05) is 47.5 Å². The molecule has 0 spiro atoms. The van der Waals surface area contributed by atoms with E-state index in [0.717, 1.165) is 29.8 Å². The minimum atomic E-state index is -0.0345. The summed E-state index contributed by atoms with van der Waals surface area (Å²) in [6, 6.07) is 15.5. The van der Waals surface area contributed by atoms with Crippen LogP contribution < -0.4 is 15.2 Å². The molecule has 118 valence electrons. The molecule has 4 rings (SSSR count). The lowest BCUT2D eigenvalue weighted by atomic mass is 9.96. The highest BCUT2D eigenvalue weighted by atomic mass is 16.5. The van der Waals surface area contributed by atoms with Crippen LogP contribution in [0.15, 0.2) is 53.5 Å². The van der Waals surface area contributed by atoms with Crippen molar-refractivity contribution < 1.29 is 9.84 Å². The fraction of sp³-hybridized carbons (Fsp3) is 0.278. The van der Waals surface area contributed by atoms with Crippen molar-refractivity contribution in [3.63, 3.8) is 0 Å². The van der Waals surface area contributed by atoms with Crippen LogP contribution in [0.4, 0.5) is 5.69 Å². The molecule has 1 aliphatic heterocycles. The molecule has 1 aliphatic carbocycles. The number of para-hydroxylation sites is 1. The summed E-state index contributed by atoms with van der Waals surface area (Å²) in [6.07, 6.45) is 3.88. The molecule has 0 amide bonds. The molecule has 0 radical (unpaired) electrons. The van der Waals surface area contributed by atoms with Crippen LogP contribution in [0.5, 0.6) is 11.5 Å². The van der Waals surface area contributed by atoms with Crippen molar-refractivity contribution >= 4 is 12.0 Å². The third-order valence-corrected chi connectivity index (χ3v) is 4.49. The molecule has 0 aromatic heterocycles. The van der Waals surface area contributed by atoms with Gasteiger partial charge in [-0.2, -0.15) is 0 Å². The minimum Gasteiger partial charge on any atom is -0.508 e. The standard InChI is InChI=1S/C18H19N3O2/c22-17-4-2-1-3-16(17)18(9-10-18)11-23-15-7-5-14(6-8-15)21-13-19-12-20-21/h1-8,13,20,22H,9-12H2. The van der Waals surface area contributed by atoms with Gasteiger partial charge in [-0.15, -0.1) is 0 Å². The van der Waals surface area contributed by atoms with Crippen LogP contribution in [0.3, 0.4) is 0 Å². The first-order chi connectivity index (χ1) is 11.3. The highest BCUT2D eigenvalue weighted by Crippen LogP contribution is 2.51. The second kappa shape index (κ2) is 5.59. The number of aliphatic imine (C=N–C) groups is 1. The molecule has 1 heterocycles. The Balaban J connectivity index is 1.43. The number of hydrogen-bond donors (Lipinski definition) is 2. The van der Waals surface area contributed by atoms with Crippen molar-refractivity contribution in [2.75, 3.05) is 18.3 Å². The predicted octanol–water partition coefficient (Wildman–Crippen LogP) is 2.81. The second-order valence-electron chi connectivity index (χ2n) is 6.06. The number of benzene rings is 2. The predicted molar refractivity (Wildman–Crippen MR) is 89.9 cm³/mol. The average Bonchev–Trinajstić information content (AvgIpc) is 3.17. The summed E-state index contributed by atoms with van der Waals surface area (Å²) >= 11 is 0. The second-order valence-corrected chi connectivity index (χ2v) is 6.06. The SMILES string of the molecule is Oc1ccccc1C1(COc2ccc(N3C=NCN3)cc2)CC1. The highest BCUT2D eigenvalue weighted by molar-refractivity contribution is 5.79. The fourth-order valence-corrected chi connectivity index (χ4v) is 2.93. The number of nitrogens with one attached hydrogen (secondary N) is 1. The zero-order valence-electron chi connectivity index (χ0n) is 12.8. The zero-order chi connectivity index (χ0) is 15.7. The van der Waals surface area contributed by atoms with Gasteiger partial charge in [-0.25, -0.2) is 5.43 Å². The summed E-state index contributed by atoms with van der Waals surface area (Å²) in [6.45, 7) is 1.20. The maximum Gasteiger partial charge on any atom is 0.119 e. The van der Waals surface area contributed by atoms with Crippen molar-refractivity contribution in [2.24, 2.45) is 4.99 Å². The molecule has 1 saturated carbocycles. The Bertz CT molecular complexity index is 723. The van der Waals surface area contributed by atoms with Crippen molar-refractivity contribution in [3.8, 4) is 11.5 Å². The smallest absolute Gasteiger partial charge is 0.119 e. The number of phenolic OH excluding ortho intramolecular Hbond substituents is 1. The van der Waals surface area contributed by atoms with Crippen LogP contribution in [0.2, 0.25) is 0 Å². The third-order valence-electron chi connectivity index (χ3n) is 4.49. The molecular formula is C18H19N3O2. The van der Waals surface area contributed by atoms with Gasteiger partial charge in [0.25, 0.3) is 0 Å². The van der Waals surface area contributed by atoms with E-state index in [9.17, 15) is 5.11 Å². The summed E-state index contributed by atoms with van der Waals surface area (Å²) in [5.41, 5.74) is 5.12. The van der Waals surface area contributed by atoms with Gasteiger partial charge >= 0.3 is 0 Å². The normalized spacial score (nSPS) is 18.2. The van der Waals surface area contributed by atoms with Crippen molar-refractivity contribution in [2.45, 2.75) is 18.3 Å². The first kappa shape index (κ1) is 14.1. The lowest BCUT2D eigenvalue weighted by molar-refractivity contribution is 0.274. The van der Waals surface area contributed by atoms with E-state index in [1.54, 1.807) is 12.4 Å². The van der Waals surface area contributed by atoms with E-state index in [1.165, 1.54) is 0 Å². The Kier molecular flexibility index (Phi) is 3.42. The average molecular weight is 309 g/mol. The number of phenols is 1. The Morgan fingerprint density at radius 2 is 1.91 bits per heavy atom. The highest BCUT2D eigenvalue weighted by Gasteiger charge is 2.46. The van der Waals surface area contributed by atoms with Crippen molar-refractivity contribution in [1.82, 2.24) is 5.43 Å². The maximum atomic E-state index is 10.1. The minimum absolute atomic E-state index is 0.0345. The van der Waals surface area contributed by atoms with E-state index in [2.05, 4.69) is 10.4 Å². The maximum absolute atomic E-state index is 10.1. The Hall–Kier alpha value is -2.53. The number of hydrogen-bond acceptors (Lipinski definition) is 5. The molecule has 0 atom stereocenters. The van der Waals surface area contributed by atoms with Crippen LogP contribution in [-0.4, -0.2) is 24.7 Å². The molecule has 5 nitrogen and oxygen atoms in total. The largest absolute Gasteiger partial charge is 0.508 e. The molecule has 23 heavy (non-hydrogen) atoms. The van der Waals surface area contributed by atoms with E-state index in [-0.39, 0.29) is 5.41 Å². The molecular weight excluding hydrogens is 290 g/mol. The fourth-order valence-electron chi connectivity index (χ4n) is 2.93. The van der Waals surface area contributed by atoms with Crippen molar-refractivity contribution in [1.29, 1.82) is 0 Å². The number of anilines is 1. The number of hydrazine groups is 1. The monoisotopic (exact) mass is 309 g/mol. The van der Waals surface area contributed by atoms with Crippen LogP contribution in [0, 0.1) is 0 Å². The third kappa shape index (κ3) is 2.75. The van der Waals surface area contributed by atoms with Gasteiger partial charge in [0.1, 0.15) is 24.5 Å². The number of aromatic hydroxyl groups is 1. The first-order valence-corrected chi connectivity index (χ1v) is 7.81. The van der Waals surface area contributed by atoms with Gasteiger partial charge in [0.05, 0.1) is 12.3 Å². The quantitative estimate of drug-likeness (QED) is 0.892. The van der Waals surface area contributed by atoms with Gasteiger partial charge < -0.3 is 9.84 Å². The molecule has 2 aromatic carbocycles. The lowest BCUT2D eigenvalue weighted by Crippen LogP contribution is -2.30. The van der Waals surface area contributed by atoms with E-state index >= 15 is 0 Å². The van der Waals surface area contributed by atoms with Gasteiger partial charge in [-0.05, 0) is 43.2 Å².